The van der Waals surface area contributed by atoms with E-state index in [1.807, 2.05) is 0 Å². The summed E-state index contributed by atoms with van der Waals surface area (Å²) in [5, 5.41) is 0. The minimum absolute atomic E-state index is 0.149. The Hall–Kier alpha value is -0.830. The van der Waals surface area contributed by atoms with Gasteiger partial charge in [0.2, 0.25) is 0 Å². The van der Waals surface area contributed by atoms with Crippen LogP contribution in [0.3, 0.4) is 0 Å². The maximum Gasteiger partial charge on any atom is 0.305 e. The maximum absolute atomic E-state index is 11.0. The van der Waals surface area contributed by atoms with E-state index in [-0.39, 0.29) is 12.0 Å². The molecule has 1 saturated carbocycles. The summed E-state index contributed by atoms with van der Waals surface area (Å²) in [4.78, 5) is 11.0. The second-order valence-electron chi connectivity index (χ2n) is 4.72. The largest absolute Gasteiger partial charge is 0.469 e. The fourth-order valence-corrected chi connectivity index (χ4v) is 2.92. The Balaban J connectivity index is 1.79. The molecule has 1 fully saturated rings. The van der Waals surface area contributed by atoms with Crippen molar-refractivity contribution in [3.05, 3.63) is 12.2 Å². The number of ether oxygens (including phenoxy) is 1. The van der Waals surface area contributed by atoms with Crippen molar-refractivity contribution in [3.63, 3.8) is 0 Å². The fourth-order valence-electron chi connectivity index (χ4n) is 2.92. The molecule has 0 aliphatic heterocycles. The van der Waals surface area contributed by atoms with Gasteiger partial charge in [0.05, 0.1) is 7.11 Å². The molecule has 0 radical (unpaired) electrons. The van der Waals surface area contributed by atoms with Crippen LogP contribution in [-0.4, -0.2) is 19.1 Å². The number of allylic oxidation sites excluding steroid dienone is 2. The second-order valence-corrected chi connectivity index (χ2v) is 4.72. The lowest BCUT2D eigenvalue weighted by Crippen LogP contribution is -2.33. The number of carbonyl (C=O) groups excluding carboxylic acids is 1. The van der Waals surface area contributed by atoms with Crippen molar-refractivity contribution in [2.75, 3.05) is 7.11 Å². The minimum atomic E-state index is -0.149. The summed E-state index contributed by atoms with van der Waals surface area (Å²) in [6, 6.07) is 0.157. The van der Waals surface area contributed by atoms with Gasteiger partial charge in [-0.3, -0.25) is 4.79 Å². The minimum Gasteiger partial charge on any atom is -0.469 e. The fraction of sp³-hybridized carbons (Fsp3) is 0.750. The average molecular weight is 209 g/mol. The zero-order chi connectivity index (χ0) is 10.8. The van der Waals surface area contributed by atoms with Crippen molar-refractivity contribution >= 4 is 5.97 Å². The van der Waals surface area contributed by atoms with Gasteiger partial charge in [0, 0.05) is 12.5 Å². The summed E-state index contributed by atoms with van der Waals surface area (Å²) in [5.74, 6) is 1.86. The Kier molecular flexibility index (Phi) is 3.10. The smallest absolute Gasteiger partial charge is 0.305 e. The number of hydrogen-bond donors (Lipinski definition) is 1. The van der Waals surface area contributed by atoms with E-state index in [9.17, 15) is 4.79 Å². The molecular formula is C12H19NO2. The second kappa shape index (κ2) is 4.35. The summed E-state index contributed by atoms with van der Waals surface area (Å²) >= 11 is 0. The molecular weight excluding hydrogens is 190 g/mol. The molecule has 15 heavy (non-hydrogen) atoms. The number of rotatable bonds is 4. The molecule has 0 amide bonds. The first-order chi connectivity index (χ1) is 7.20. The Morgan fingerprint density at radius 1 is 1.53 bits per heavy atom. The number of fused-ring (bicyclic) bond motifs is 2. The molecule has 0 spiro atoms. The third-order valence-corrected chi connectivity index (χ3v) is 3.79. The number of nitrogens with two attached hydrogens (primary N) is 1. The van der Waals surface area contributed by atoms with Gasteiger partial charge in [-0.05, 0) is 37.0 Å². The average Bonchev–Trinajstić information content (AvgIpc) is 2.86. The molecule has 84 valence electrons. The van der Waals surface area contributed by atoms with Gasteiger partial charge in [-0.15, -0.1) is 0 Å². The standard InChI is InChI=1S/C12H19NO2/c1-15-12(14)5-4-11(13)10-7-8-2-3-9(10)6-8/h2-3,8-11H,4-7,13H2,1H3. The predicted molar refractivity (Wildman–Crippen MR) is 58.1 cm³/mol. The molecule has 0 aromatic heterocycles. The first-order valence-electron chi connectivity index (χ1n) is 5.71. The molecule has 2 aliphatic carbocycles. The Morgan fingerprint density at radius 3 is 2.87 bits per heavy atom. The topological polar surface area (TPSA) is 52.3 Å². The van der Waals surface area contributed by atoms with E-state index in [2.05, 4.69) is 16.9 Å². The van der Waals surface area contributed by atoms with Crippen LogP contribution >= 0.6 is 0 Å². The molecule has 0 aromatic carbocycles. The predicted octanol–water partition coefficient (Wildman–Crippen LogP) is 1.48. The van der Waals surface area contributed by atoms with E-state index >= 15 is 0 Å². The summed E-state index contributed by atoms with van der Waals surface area (Å²) in [5.41, 5.74) is 6.13. The first kappa shape index (κ1) is 10.7. The van der Waals surface area contributed by atoms with E-state index in [0.717, 1.165) is 12.3 Å². The van der Waals surface area contributed by atoms with Gasteiger partial charge in [0.15, 0.2) is 0 Å². The van der Waals surface area contributed by atoms with E-state index < -0.39 is 0 Å². The number of esters is 1. The third kappa shape index (κ3) is 2.23. The van der Waals surface area contributed by atoms with Gasteiger partial charge < -0.3 is 10.5 Å². The van der Waals surface area contributed by atoms with Crippen LogP contribution in [0, 0.1) is 17.8 Å². The lowest BCUT2D eigenvalue weighted by atomic mass is 9.85. The number of hydrogen-bond acceptors (Lipinski definition) is 3. The highest BCUT2D eigenvalue weighted by molar-refractivity contribution is 5.69. The Bertz CT molecular complexity index is 275. The van der Waals surface area contributed by atoms with Crippen LogP contribution in [-0.2, 0) is 9.53 Å². The molecule has 4 atom stereocenters. The summed E-state index contributed by atoms with van der Waals surface area (Å²) in [6.07, 6.45) is 8.31. The summed E-state index contributed by atoms with van der Waals surface area (Å²) in [6.45, 7) is 0. The van der Waals surface area contributed by atoms with E-state index in [0.29, 0.717) is 18.3 Å². The SMILES string of the molecule is COC(=O)CCC(N)C1CC2C=CC1C2. The van der Waals surface area contributed by atoms with Gasteiger partial charge in [-0.1, -0.05) is 12.2 Å². The van der Waals surface area contributed by atoms with Gasteiger partial charge in [-0.25, -0.2) is 0 Å². The third-order valence-electron chi connectivity index (χ3n) is 3.79. The van der Waals surface area contributed by atoms with Crippen LogP contribution in [0.5, 0.6) is 0 Å². The highest BCUT2D eigenvalue weighted by atomic mass is 16.5. The van der Waals surface area contributed by atoms with Crippen molar-refractivity contribution in [1.29, 1.82) is 0 Å². The monoisotopic (exact) mass is 209 g/mol. The van der Waals surface area contributed by atoms with Crippen LogP contribution in [0.4, 0.5) is 0 Å². The van der Waals surface area contributed by atoms with Crippen molar-refractivity contribution in [1.82, 2.24) is 0 Å². The zero-order valence-electron chi connectivity index (χ0n) is 9.19. The van der Waals surface area contributed by atoms with Crippen molar-refractivity contribution in [3.8, 4) is 0 Å². The lowest BCUT2D eigenvalue weighted by Gasteiger charge is -2.24. The van der Waals surface area contributed by atoms with E-state index in [4.69, 9.17) is 5.73 Å². The molecule has 2 rings (SSSR count). The van der Waals surface area contributed by atoms with Gasteiger partial charge in [-0.2, -0.15) is 0 Å². The van der Waals surface area contributed by atoms with Crippen LogP contribution in [0.15, 0.2) is 12.2 Å². The van der Waals surface area contributed by atoms with Crippen LogP contribution in [0.25, 0.3) is 0 Å². The number of methoxy groups -OCH3 is 1. The summed E-state index contributed by atoms with van der Waals surface area (Å²) < 4.78 is 4.62. The Labute approximate surface area is 90.7 Å². The first-order valence-corrected chi connectivity index (χ1v) is 5.71. The van der Waals surface area contributed by atoms with Crippen LogP contribution in [0.1, 0.15) is 25.7 Å². The summed E-state index contributed by atoms with van der Waals surface area (Å²) in [7, 11) is 1.42. The molecule has 3 heteroatoms. The highest BCUT2D eigenvalue weighted by Gasteiger charge is 2.38. The molecule has 2 bridgehead atoms. The van der Waals surface area contributed by atoms with Gasteiger partial charge >= 0.3 is 5.97 Å². The van der Waals surface area contributed by atoms with Gasteiger partial charge in [0.25, 0.3) is 0 Å². The van der Waals surface area contributed by atoms with E-state index in [1.54, 1.807) is 0 Å². The number of carbonyl (C=O) groups is 1. The molecule has 3 nitrogen and oxygen atoms in total. The molecule has 4 unspecified atom stereocenters. The maximum atomic E-state index is 11.0. The quantitative estimate of drug-likeness (QED) is 0.563. The van der Waals surface area contributed by atoms with Gasteiger partial charge in [0.1, 0.15) is 0 Å². The molecule has 2 aliphatic rings. The van der Waals surface area contributed by atoms with Crippen molar-refractivity contribution in [2.24, 2.45) is 23.5 Å². The van der Waals surface area contributed by atoms with Crippen LogP contribution in [0.2, 0.25) is 0 Å². The van der Waals surface area contributed by atoms with Crippen LogP contribution < -0.4 is 5.73 Å². The van der Waals surface area contributed by atoms with Crippen molar-refractivity contribution in [2.45, 2.75) is 31.7 Å². The molecule has 2 N–H and O–H groups in total. The zero-order valence-corrected chi connectivity index (χ0v) is 9.19. The molecule has 0 heterocycles. The molecule has 0 aromatic rings. The Morgan fingerprint density at radius 2 is 2.33 bits per heavy atom. The molecule has 0 saturated heterocycles. The van der Waals surface area contributed by atoms with E-state index in [1.165, 1.54) is 20.0 Å². The lowest BCUT2D eigenvalue weighted by molar-refractivity contribution is -0.140. The highest BCUT2D eigenvalue weighted by Crippen LogP contribution is 2.45. The normalized spacial score (nSPS) is 34.4. The van der Waals surface area contributed by atoms with Crippen molar-refractivity contribution < 1.29 is 9.53 Å².